The highest BCUT2D eigenvalue weighted by atomic mass is 16.7. The molecule has 0 bridgehead atoms. The van der Waals surface area contributed by atoms with Crippen molar-refractivity contribution >= 4 is 29.0 Å². The van der Waals surface area contributed by atoms with Gasteiger partial charge in [0.1, 0.15) is 12.3 Å². The molecule has 34 heavy (non-hydrogen) atoms. The first-order chi connectivity index (χ1) is 16.5. The molecule has 11 nitrogen and oxygen atoms in total. The Balaban J connectivity index is 1.30. The summed E-state index contributed by atoms with van der Waals surface area (Å²) < 4.78 is 16.0. The van der Waals surface area contributed by atoms with Gasteiger partial charge in [0.25, 0.3) is 5.89 Å². The Morgan fingerprint density at radius 1 is 1.09 bits per heavy atom. The van der Waals surface area contributed by atoms with Crippen LogP contribution in [0, 0.1) is 0 Å². The molecular formula is C23H19N5O6. The second kappa shape index (κ2) is 8.77. The van der Waals surface area contributed by atoms with Crippen molar-refractivity contribution in [2.45, 2.75) is 19.8 Å². The minimum Gasteiger partial charge on any atom is -0.454 e. The van der Waals surface area contributed by atoms with Gasteiger partial charge in [-0.05, 0) is 37.3 Å². The Morgan fingerprint density at radius 3 is 2.79 bits per heavy atom. The SMILES string of the molecule is CC(=O)c1cccc(NC(=O)CN2N=C(c3nc(-c4ccc5c(c4)OCO5)no3)CCC2=O)c1. The molecule has 0 radical (unpaired) electrons. The summed E-state index contributed by atoms with van der Waals surface area (Å²) in [5, 5.41) is 12.0. The van der Waals surface area contributed by atoms with E-state index in [2.05, 4.69) is 20.6 Å². The van der Waals surface area contributed by atoms with Crippen molar-refractivity contribution in [3.63, 3.8) is 0 Å². The highest BCUT2D eigenvalue weighted by molar-refractivity contribution is 6.03. The van der Waals surface area contributed by atoms with E-state index in [1.165, 1.54) is 6.92 Å². The zero-order valence-electron chi connectivity index (χ0n) is 18.1. The average Bonchev–Trinajstić information content (AvgIpc) is 3.50. The van der Waals surface area contributed by atoms with Crippen LogP contribution in [-0.2, 0) is 9.59 Å². The second-order valence-corrected chi connectivity index (χ2v) is 7.67. The maximum atomic E-state index is 12.5. The standard InChI is InChI=1S/C23H19N5O6/c1-13(29)14-3-2-4-16(9-14)24-20(30)11-28-21(31)8-6-17(26-28)23-25-22(27-34-23)15-5-7-18-19(10-15)33-12-32-18/h2-5,7,9-10H,6,8,11-12H2,1H3,(H,24,30). The summed E-state index contributed by atoms with van der Waals surface area (Å²) in [5.74, 6) is 0.871. The van der Waals surface area contributed by atoms with Crippen LogP contribution < -0.4 is 14.8 Å². The lowest BCUT2D eigenvalue weighted by molar-refractivity contribution is -0.135. The Labute approximate surface area is 193 Å². The van der Waals surface area contributed by atoms with Gasteiger partial charge in [0, 0.05) is 29.7 Å². The number of fused-ring (bicyclic) bond motifs is 1. The van der Waals surface area contributed by atoms with Gasteiger partial charge in [-0.2, -0.15) is 10.1 Å². The topological polar surface area (TPSA) is 136 Å². The number of hydrogen-bond acceptors (Lipinski definition) is 9. The summed E-state index contributed by atoms with van der Waals surface area (Å²) in [4.78, 5) is 40.8. The van der Waals surface area contributed by atoms with Crippen LogP contribution in [0.25, 0.3) is 11.4 Å². The molecule has 2 aliphatic heterocycles. The third-order valence-electron chi connectivity index (χ3n) is 5.25. The number of carbonyl (C=O) groups excluding carboxylic acids is 3. The van der Waals surface area contributed by atoms with Crippen LogP contribution in [0.4, 0.5) is 5.69 Å². The Kier molecular flexibility index (Phi) is 5.50. The fourth-order valence-corrected chi connectivity index (χ4v) is 3.53. The average molecular weight is 461 g/mol. The maximum Gasteiger partial charge on any atom is 0.274 e. The van der Waals surface area contributed by atoms with E-state index in [4.69, 9.17) is 14.0 Å². The number of hydrogen-bond donors (Lipinski definition) is 1. The maximum absolute atomic E-state index is 12.5. The van der Waals surface area contributed by atoms with Gasteiger partial charge in [-0.1, -0.05) is 17.3 Å². The third kappa shape index (κ3) is 4.35. The molecule has 2 amide bonds. The number of nitrogens with one attached hydrogen (secondary N) is 1. The Bertz CT molecular complexity index is 1330. The van der Waals surface area contributed by atoms with E-state index >= 15 is 0 Å². The van der Waals surface area contributed by atoms with Crippen molar-refractivity contribution < 1.29 is 28.4 Å². The number of nitrogens with zero attached hydrogens (tertiary/aromatic N) is 4. The molecule has 172 valence electrons. The van der Waals surface area contributed by atoms with Gasteiger partial charge in [-0.3, -0.25) is 14.4 Å². The molecule has 0 atom stereocenters. The molecule has 0 aliphatic carbocycles. The smallest absolute Gasteiger partial charge is 0.274 e. The first-order valence-electron chi connectivity index (χ1n) is 10.5. The molecule has 11 heteroatoms. The quantitative estimate of drug-likeness (QED) is 0.553. The first-order valence-corrected chi connectivity index (χ1v) is 10.5. The van der Waals surface area contributed by atoms with Crippen molar-refractivity contribution in [1.82, 2.24) is 15.1 Å². The number of hydrazone groups is 1. The number of ketones is 1. The van der Waals surface area contributed by atoms with Crippen molar-refractivity contribution in [3.05, 3.63) is 53.9 Å². The molecule has 2 aromatic carbocycles. The summed E-state index contributed by atoms with van der Waals surface area (Å²) in [6.45, 7) is 1.31. The molecule has 2 aliphatic rings. The van der Waals surface area contributed by atoms with Crippen LogP contribution in [0.15, 0.2) is 52.1 Å². The van der Waals surface area contributed by atoms with Crippen LogP contribution in [-0.4, -0.2) is 51.8 Å². The van der Waals surface area contributed by atoms with E-state index in [-0.39, 0.29) is 37.3 Å². The number of benzene rings is 2. The van der Waals surface area contributed by atoms with Gasteiger partial charge >= 0.3 is 0 Å². The molecule has 3 heterocycles. The second-order valence-electron chi connectivity index (χ2n) is 7.67. The monoisotopic (exact) mass is 461 g/mol. The van der Waals surface area contributed by atoms with Gasteiger partial charge < -0.3 is 19.3 Å². The predicted molar refractivity (Wildman–Crippen MR) is 118 cm³/mol. The predicted octanol–water partition coefficient (Wildman–Crippen LogP) is 2.63. The van der Waals surface area contributed by atoms with Crippen LogP contribution in [0.2, 0.25) is 0 Å². The molecule has 0 unspecified atom stereocenters. The minimum absolute atomic E-state index is 0.115. The molecule has 1 N–H and O–H groups in total. The molecule has 0 fully saturated rings. The van der Waals surface area contributed by atoms with Gasteiger partial charge in [0.05, 0.1) is 0 Å². The van der Waals surface area contributed by atoms with E-state index < -0.39 is 5.91 Å². The Morgan fingerprint density at radius 2 is 1.94 bits per heavy atom. The van der Waals surface area contributed by atoms with E-state index in [0.717, 1.165) is 5.01 Å². The zero-order valence-corrected chi connectivity index (χ0v) is 18.1. The van der Waals surface area contributed by atoms with E-state index in [0.29, 0.717) is 46.3 Å². The number of amides is 2. The highest BCUT2D eigenvalue weighted by Gasteiger charge is 2.27. The highest BCUT2D eigenvalue weighted by Crippen LogP contribution is 2.35. The summed E-state index contributed by atoms with van der Waals surface area (Å²) in [6, 6.07) is 11.9. The number of aromatic nitrogens is 2. The zero-order chi connectivity index (χ0) is 23.7. The molecule has 0 spiro atoms. The van der Waals surface area contributed by atoms with Crippen LogP contribution in [0.1, 0.15) is 36.0 Å². The molecule has 0 saturated carbocycles. The van der Waals surface area contributed by atoms with Crippen molar-refractivity contribution in [3.8, 4) is 22.9 Å². The number of carbonyl (C=O) groups is 3. The lowest BCUT2D eigenvalue weighted by Gasteiger charge is -2.21. The molecule has 5 rings (SSSR count). The van der Waals surface area contributed by atoms with Gasteiger partial charge in [-0.15, -0.1) is 0 Å². The van der Waals surface area contributed by atoms with E-state index in [1.807, 2.05) is 0 Å². The fourth-order valence-electron chi connectivity index (χ4n) is 3.53. The summed E-state index contributed by atoms with van der Waals surface area (Å²) >= 11 is 0. The van der Waals surface area contributed by atoms with E-state index in [9.17, 15) is 14.4 Å². The van der Waals surface area contributed by atoms with Crippen LogP contribution in [0.3, 0.4) is 0 Å². The first kappa shape index (κ1) is 21.3. The van der Waals surface area contributed by atoms with Gasteiger partial charge in [0.15, 0.2) is 17.3 Å². The number of rotatable bonds is 6. The normalized spacial score (nSPS) is 14.7. The van der Waals surface area contributed by atoms with Gasteiger partial charge in [-0.25, -0.2) is 5.01 Å². The number of Topliss-reactive ketones (excluding diaryl/α,β-unsaturated/α-hetero) is 1. The van der Waals surface area contributed by atoms with Gasteiger partial charge in [0.2, 0.25) is 24.4 Å². The number of anilines is 1. The summed E-state index contributed by atoms with van der Waals surface area (Å²) in [5.41, 5.74) is 2.01. The van der Waals surface area contributed by atoms with Crippen molar-refractivity contribution in [1.29, 1.82) is 0 Å². The molecule has 3 aromatic rings. The molecule has 0 saturated heterocycles. The lowest BCUT2D eigenvalue weighted by atomic mass is 10.1. The molecule has 1 aromatic heterocycles. The van der Waals surface area contributed by atoms with Crippen LogP contribution >= 0.6 is 0 Å². The Hall–Kier alpha value is -4.54. The lowest BCUT2D eigenvalue weighted by Crippen LogP contribution is -2.38. The summed E-state index contributed by atoms with van der Waals surface area (Å²) in [7, 11) is 0. The van der Waals surface area contributed by atoms with Crippen molar-refractivity contribution in [2.24, 2.45) is 5.10 Å². The van der Waals surface area contributed by atoms with E-state index in [1.54, 1.807) is 42.5 Å². The largest absolute Gasteiger partial charge is 0.454 e. The number of ether oxygens (including phenoxy) is 2. The van der Waals surface area contributed by atoms with Crippen molar-refractivity contribution in [2.75, 3.05) is 18.7 Å². The summed E-state index contributed by atoms with van der Waals surface area (Å²) in [6.07, 6.45) is 0.452. The molecular weight excluding hydrogens is 442 g/mol. The third-order valence-corrected chi connectivity index (χ3v) is 5.25. The fraction of sp³-hybridized carbons (Fsp3) is 0.217. The van der Waals surface area contributed by atoms with Crippen LogP contribution in [0.5, 0.6) is 11.5 Å². The minimum atomic E-state index is -0.453.